The van der Waals surface area contributed by atoms with Gasteiger partial charge in [0.2, 0.25) is 5.60 Å². The molecule has 4 rings (SSSR count). The van der Waals surface area contributed by atoms with Gasteiger partial charge in [0.05, 0.1) is 7.11 Å². The van der Waals surface area contributed by atoms with Crippen LogP contribution in [0.2, 0.25) is 0 Å². The lowest BCUT2D eigenvalue weighted by molar-refractivity contribution is -0.157. The molecule has 2 saturated carbocycles. The molecule has 1 spiro atoms. The fourth-order valence-electron chi connectivity index (χ4n) is 4.13. The zero-order valence-electron chi connectivity index (χ0n) is 13.7. The normalized spacial score (nSPS) is 28.9. The molecule has 1 heterocycles. The van der Waals surface area contributed by atoms with E-state index in [4.69, 9.17) is 14.2 Å². The number of benzene rings is 1. The first kappa shape index (κ1) is 15.0. The van der Waals surface area contributed by atoms with Crippen LogP contribution in [0.1, 0.15) is 56.9 Å². The summed E-state index contributed by atoms with van der Waals surface area (Å²) in [6, 6.07) is 7.65. The predicted octanol–water partition coefficient (Wildman–Crippen LogP) is 3.72. The van der Waals surface area contributed by atoms with Crippen LogP contribution in [0.25, 0.3) is 0 Å². The van der Waals surface area contributed by atoms with Crippen molar-refractivity contribution in [1.29, 1.82) is 0 Å². The van der Waals surface area contributed by atoms with Crippen molar-refractivity contribution in [2.45, 2.75) is 68.7 Å². The fraction of sp³-hybridized carbons (Fsp3) is 0.632. The summed E-state index contributed by atoms with van der Waals surface area (Å²) in [4.78, 5) is 13.0. The van der Waals surface area contributed by atoms with Crippen LogP contribution in [-0.2, 0) is 19.9 Å². The number of methoxy groups -OCH3 is 1. The molecule has 4 heteroatoms. The summed E-state index contributed by atoms with van der Waals surface area (Å²) in [5.41, 5.74) is -0.290. The molecule has 2 aliphatic carbocycles. The van der Waals surface area contributed by atoms with E-state index in [9.17, 15) is 4.79 Å². The molecule has 0 amide bonds. The minimum atomic E-state index is -0.880. The quantitative estimate of drug-likeness (QED) is 0.627. The first-order chi connectivity index (χ1) is 11.2. The Morgan fingerprint density at radius 2 is 1.78 bits per heavy atom. The van der Waals surface area contributed by atoms with Crippen molar-refractivity contribution in [3.8, 4) is 5.75 Å². The van der Waals surface area contributed by atoms with Gasteiger partial charge in [-0.05, 0) is 62.6 Å². The lowest BCUT2D eigenvalue weighted by atomic mass is 9.73. The summed E-state index contributed by atoms with van der Waals surface area (Å²) in [6.07, 6.45) is 8.59. The first-order valence-electron chi connectivity index (χ1n) is 8.76. The maximum Gasteiger partial charge on any atom is 0.346 e. The van der Waals surface area contributed by atoms with Gasteiger partial charge in [0, 0.05) is 0 Å². The Morgan fingerprint density at radius 3 is 2.30 bits per heavy atom. The number of carbonyl (C=O) groups is 1. The van der Waals surface area contributed by atoms with E-state index in [1.807, 2.05) is 24.3 Å². The Kier molecular flexibility index (Phi) is 3.60. The van der Waals surface area contributed by atoms with Crippen molar-refractivity contribution >= 4 is 5.97 Å². The predicted molar refractivity (Wildman–Crippen MR) is 85.3 cm³/mol. The summed E-state index contributed by atoms with van der Waals surface area (Å²) in [7, 11) is 1.64. The van der Waals surface area contributed by atoms with E-state index in [0.29, 0.717) is 0 Å². The lowest BCUT2D eigenvalue weighted by Crippen LogP contribution is -2.39. The van der Waals surface area contributed by atoms with E-state index >= 15 is 0 Å². The minimum absolute atomic E-state index is 0.0627. The fourth-order valence-corrected chi connectivity index (χ4v) is 4.13. The Hall–Kier alpha value is -1.55. The van der Waals surface area contributed by atoms with Gasteiger partial charge in [-0.25, -0.2) is 4.79 Å². The van der Waals surface area contributed by atoms with Gasteiger partial charge in [-0.15, -0.1) is 0 Å². The summed E-state index contributed by atoms with van der Waals surface area (Å²) in [5, 5.41) is 0. The third kappa shape index (κ3) is 2.26. The van der Waals surface area contributed by atoms with Crippen LogP contribution in [0.4, 0.5) is 0 Å². The van der Waals surface area contributed by atoms with E-state index in [2.05, 4.69) is 0 Å². The van der Waals surface area contributed by atoms with E-state index < -0.39 is 5.60 Å². The average Bonchev–Trinajstić information content (AvgIpc) is 3.28. The van der Waals surface area contributed by atoms with E-state index in [0.717, 1.165) is 56.3 Å². The van der Waals surface area contributed by atoms with Crippen LogP contribution >= 0.6 is 0 Å². The third-order valence-corrected chi connectivity index (χ3v) is 5.72. The number of ether oxygens (including phenoxy) is 3. The highest BCUT2D eigenvalue weighted by Gasteiger charge is 2.78. The zero-order chi connectivity index (χ0) is 15.9. The third-order valence-electron chi connectivity index (χ3n) is 5.72. The summed E-state index contributed by atoms with van der Waals surface area (Å²) < 4.78 is 17.2. The van der Waals surface area contributed by atoms with Crippen molar-refractivity contribution < 1.29 is 19.0 Å². The van der Waals surface area contributed by atoms with Gasteiger partial charge in [-0.2, -0.15) is 0 Å². The molecule has 1 unspecified atom stereocenters. The van der Waals surface area contributed by atoms with Crippen LogP contribution in [0.5, 0.6) is 5.75 Å². The number of hydrogen-bond donors (Lipinski definition) is 0. The molecular formula is C19H24O4. The lowest BCUT2D eigenvalue weighted by Gasteiger charge is -2.28. The molecule has 1 aromatic rings. The highest BCUT2D eigenvalue weighted by Crippen LogP contribution is 2.66. The van der Waals surface area contributed by atoms with Crippen molar-refractivity contribution in [2.24, 2.45) is 0 Å². The van der Waals surface area contributed by atoms with Crippen molar-refractivity contribution in [3.63, 3.8) is 0 Å². The molecule has 3 fully saturated rings. The second-order valence-electron chi connectivity index (χ2n) is 7.02. The molecule has 0 bridgehead atoms. The largest absolute Gasteiger partial charge is 0.497 e. The average molecular weight is 316 g/mol. The number of hydrogen-bond acceptors (Lipinski definition) is 4. The second kappa shape index (κ2) is 5.52. The maximum atomic E-state index is 13.0. The topological polar surface area (TPSA) is 48.1 Å². The Bertz CT molecular complexity index is 584. The van der Waals surface area contributed by atoms with Crippen LogP contribution in [0, 0.1) is 0 Å². The summed E-state index contributed by atoms with van der Waals surface area (Å²) >= 11 is 0. The molecular weight excluding hydrogens is 292 g/mol. The summed E-state index contributed by atoms with van der Waals surface area (Å²) in [5.74, 6) is 0.599. The highest BCUT2D eigenvalue weighted by atomic mass is 16.7. The maximum absolute atomic E-state index is 13.0. The van der Waals surface area contributed by atoms with Gasteiger partial charge >= 0.3 is 5.97 Å². The van der Waals surface area contributed by atoms with Crippen LogP contribution in [0.15, 0.2) is 24.3 Å². The molecule has 1 saturated heterocycles. The molecule has 0 radical (unpaired) electrons. The van der Waals surface area contributed by atoms with E-state index in [-0.39, 0.29) is 17.7 Å². The number of esters is 1. The molecule has 0 aromatic heterocycles. The van der Waals surface area contributed by atoms with Gasteiger partial charge in [-0.3, -0.25) is 0 Å². The van der Waals surface area contributed by atoms with E-state index in [1.165, 1.54) is 6.42 Å². The van der Waals surface area contributed by atoms with Crippen LogP contribution in [-0.4, -0.2) is 24.8 Å². The molecule has 124 valence electrons. The molecule has 1 aromatic carbocycles. The van der Waals surface area contributed by atoms with Gasteiger partial charge < -0.3 is 14.2 Å². The summed E-state index contributed by atoms with van der Waals surface area (Å²) in [6.45, 7) is 0. The second-order valence-corrected chi connectivity index (χ2v) is 7.02. The van der Waals surface area contributed by atoms with Gasteiger partial charge in [0.15, 0.2) is 0 Å². The molecule has 0 N–H and O–H groups in total. The van der Waals surface area contributed by atoms with Gasteiger partial charge in [-0.1, -0.05) is 18.6 Å². The Morgan fingerprint density at radius 1 is 1.09 bits per heavy atom. The van der Waals surface area contributed by atoms with Crippen molar-refractivity contribution in [1.82, 2.24) is 0 Å². The van der Waals surface area contributed by atoms with Crippen LogP contribution in [0.3, 0.4) is 0 Å². The minimum Gasteiger partial charge on any atom is -0.497 e. The standard InChI is InChI=1S/C19H24O4/c1-21-15-10-8-14(9-11-15)19(18(23-19)12-5-13-18)17(20)22-16-6-3-2-4-7-16/h8-11,16H,2-7,12-13H2,1H3. The zero-order valence-corrected chi connectivity index (χ0v) is 13.7. The molecule has 3 aliphatic rings. The SMILES string of the molecule is COc1ccc(C2(C(=O)OC3CCCCC3)OC23CCC3)cc1. The monoisotopic (exact) mass is 316 g/mol. The number of carbonyl (C=O) groups excluding carboxylic acids is 1. The Balaban J connectivity index is 1.58. The first-order valence-corrected chi connectivity index (χ1v) is 8.76. The molecule has 1 aliphatic heterocycles. The molecule has 23 heavy (non-hydrogen) atoms. The smallest absolute Gasteiger partial charge is 0.346 e. The number of epoxide rings is 1. The van der Waals surface area contributed by atoms with E-state index in [1.54, 1.807) is 7.11 Å². The van der Waals surface area contributed by atoms with Crippen molar-refractivity contribution in [3.05, 3.63) is 29.8 Å². The molecule has 4 nitrogen and oxygen atoms in total. The highest BCUT2D eigenvalue weighted by molar-refractivity contribution is 5.87. The Labute approximate surface area is 137 Å². The molecule has 1 atom stereocenters. The van der Waals surface area contributed by atoms with Crippen LogP contribution < -0.4 is 4.74 Å². The van der Waals surface area contributed by atoms with Gasteiger partial charge in [0.1, 0.15) is 17.5 Å². The number of rotatable bonds is 4. The van der Waals surface area contributed by atoms with Gasteiger partial charge in [0.25, 0.3) is 0 Å². The van der Waals surface area contributed by atoms with Crippen molar-refractivity contribution in [2.75, 3.05) is 7.11 Å².